The fourth-order valence-corrected chi connectivity index (χ4v) is 1.06. The van der Waals surface area contributed by atoms with Gasteiger partial charge in [0, 0.05) is 6.61 Å². The highest BCUT2D eigenvalue weighted by molar-refractivity contribution is 5.05. The smallest absolute Gasteiger partial charge is 0.0782 e. The van der Waals surface area contributed by atoms with Crippen LogP contribution in [-0.4, -0.2) is 12.7 Å². The number of ether oxygens (including phenoxy) is 1. The van der Waals surface area contributed by atoms with Crippen LogP contribution < -0.4 is 0 Å². The topological polar surface area (TPSA) is 9.23 Å². The molecule has 1 saturated heterocycles. The summed E-state index contributed by atoms with van der Waals surface area (Å²) in [6.07, 6.45) is 3.82. The zero-order valence-electron chi connectivity index (χ0n) is 5.73. The molecular weight excluding hydrogens is 112 g/mol. The molecule has 0 bridgehead atoms. The van der Waals surface area contributed by atoms with Crippen LogP contribution in [-0.2, 0) is 4.74 Å². The monoisotopic (exact) mass is 125 g/mol. The van der Waals surface area contributed by atoms with E-state index in [2.05, 4.69) is 13.5 Å². The first-order chi connectivity index (χ1) is 4.30. The standard InChI is InChI=1S/C8H13O/c1-7(2)8-5-3-4-6-9-8/h8H,1-6H2. The molecule has 9 heavy (non-hydrogen) atoms. The Morgan fingerprint density at radius 1 is 1.44 bits per heavy atom. The van der Waals surface area contributed by atoms with Crippen molar-refractivity contribution in [1.29, 1.82) is 0 Å². The van der Waals surface area contributed by atoms with Crippen molar-refractivity contribution in [2.75, 3.05) is 6.61 Å². The fraction of sp³-hybridized carbons (Fsp3) is 0.625. The molecule has 1 heterocycles. The maximum atomic E-state index is 5.38. The minimum atomic E-state index is 0.249. The van der Waals surface area contributed by atoms with Crippen LogP contribution >= 0.6 is 0 Å². The van der Waals surface area contributed by atoms with Crippen LogP contribution in [0.25, 0.3) is 0 Å². The second-order valence-electron chi connectivity index (χ2n) is 2.51. The first-order valence-electron chi connectivity index (χ1n) is 3.43. The van der Waals surface area contributed by atoms with Crippen molar-refractivity contribution < 1.29 is 4.74 Å². The molecule has 1 radical (unpaired) electrons. The predicted octanol–water partition coefficient (Wildman–Crippen LogP) is 1.95. The lowest BCUT2D eigenvalue weighted by Crippen LogP contribution is -2.19. The highest BCUT2D eigenvalue weighted by Gasteiger charge is 2.13. The van der Waals surface area contributed by atoms with E-state index in [9.17, 15) is 0 Å². The van der Waals surface area contributed by atoms with Crippen LogP contribution in [0.5, 0.6) is 0 Å². The second kappa shape index (κ2) is 3.02. The summed E-state index contributed by atoms with van der Waals surface area (Å²) in [5.74, 6) is 0. The van der Waals surface area contributed by atoms with E-state index in [1.165, 1.54) is 12.8 Å². The molecule has 0 aromatic carbocycles. The van der Waals surface area contributed by atoms with Crippen molar-refractivity contribution in [3.8, 4) is 0 Å². The van der Waals surface area contributed by atoms with Gasteiger partial charge < -0.3 is 4.74 Å². The summed E-state index contributed by atoms with van der Waals surface area (Å²) in [4.78, 5) is 0. The van der Waals surface area contributed by atoms with Gasteiger partial charge in [-0.05, 0) is 31.8 Å². The predicted molar refractivity (Wildman–Crippen MR) is 38.1 cm³/mol. The van der Waals surface area contributed by atoms with E-state index in [0.717, 1.165) is 18.6 Å². The van der Waals surface area contributed by atoms with Gasteiger partial charge in [0.2, 0.25) is 0 Å². The van der Waals surface area contributed by atoms with E-state index in [1.807, 2.05) is 0 Å². The Balaban J connectivity index is 2.31. The lowest BCUT2D eigenvalue weighted by atomic mass is 10.0. The van der Waals surface area contributed by atoms with E-state index < -0.39 is 0 Å². The van der Waals surface area contributed by atoms with E-state index in [1.54, 1.807) is 0 Å². The SMILES string of the molecule is [CH2]C(=C)C1CCCCO1. The molecule has 1 heteroatoms. The molecule has 1 aliphatic rings. The third-order valence-corrected chi connectivity index (χ3v) is 1.64. The molecule has 1 fully saturated rings. The van der Waals surface area contributed by atoms with Crippen molar-refractivity contribution in [3.63, 3.8) is 0 Å². The minimum Gasteiger partial charge on any atom is -0.374 e. The van der Waals surface area contributed by atoms with Crippen LogP contribution in [0.1, 0.15) is 19.3 Å². The zero-order chi connectivity index (χ0) is 6.69. The van der Waals surface area contributed by atoms with Crippen LogP contribution in [0.4, 0.5) is 0 Å². The average molecular weight is 125 g/mol. The Morgan fingerprint density at radius 2 is 2.22 bits per heavy atom. The van der Waals surface area contributed by atoms with Gasteiger partial charge in [-0.1, -0.05) is 6.58 Å². The third-order valence-electron chi connectivity index (χ3n) is 1.64. The third kappa shape index (κ3) is 1.83. The van der Waals surface area contributed by atoms with Crippen LogP contribution in [0.3, 0.4) is 0 Å². The second-order valence-corrected chi connectivity index (χ2v) is 2.51. The largest absolute Gasteiger partial charge is 0.374 e. The Hall–Kier alpha value is -0.300. The Kier molecular flexibility index (Phi) is 2.29. The van der Waals surface area contributed by atoms with E-state index in [-0.39, 0.29) is 6.10 Å². The molecule has 0 N–H and O–H groups in total. The summed E-state index contributed by atoms with van der Waals surface area (Å²) in [6, 6.07) is 0. The minimum absolute atomic E-state index is 0.249. The molecule has 0 saturated carbocycles. The van der Waals surface area contributed by atoms with Crippen LogP contribution in [0.15, 0.2) is 12.2 Å². The summed E-state index contributed by atoms with van der Waals surface area (Å²) in [5.41, 5.74) is 0.926. The summed E-state index contributed by atoms with van der Waals surface area (Å²) in [6.45, 7) is 8.37. The molecule has 0 aromatic rings. The molecular formula is C8H13O. The van der Waals surface area contributed by atoms with Gasteiger partial charge in [0.15, 0.2) is 0 Å². The van der Waals surface area contributed by atoms with Gasteiger partial charge in [-0.2, -0.15) is 0 Å². The maximum absolute atomic E-state index is 5.38. The number of hydrogen-bond donors (Lipinski definition) is 0. The van der Waals surface area contributed by atoms with Gasteiger partial charge in [0.05, 0.1) is 6.10 Å². The molecule has 0 amide bonds. The lowest BCUT2D eigenvalue weighted by molar-refractivity contribution is 0.0415. The average Bonchev–Trinajstić information content (AvgIpc) is 1.90. The molecule has 51 valence electrons. The molecule has 1 aliphatic heterocycles. The van der Waals surface area contributed by atoms with Crippen molar-refractivity contribution in [2.45, 2.75) is 25.4 Å². The van der Waals surface area contributed by atoms with Crippen molar-refractivity contribution in [1.82, 2.24) is 0 Å². The zero-order valence-corrected chi connectivity index (χ0v) is 5.73. The van der Waals surface area contributed by atoms with E-state index >= 15 is 0 Å². The molecule has 0 aliphatic carbocycles. The molecule has 1 atom stereocenters. The lowest BCUT2D eigenvalue weighted by Gasteiger charge is -2.22. The van der Waals surface area contributed by atoms with Crippen molar-refractivity contribution in [2.24, 2.45) is 0 Å². The summed E-state index contributed by atoms with van der Waals surface area (Å²) in [5, 5.41) is 0. The van der Waals surface area contributed by atoms with Gasteiger partial charge in [0.25, 0.3) is 0 Å². The first-order valence-corrected chi connectivity index (χ1v) is 3.43. The molecule has 1 nitrogen and oxygen atoms in total. The molecule has 0 spiro atoms. The van der Waals surface area contributed by atoms with Crippen LogP contribution in [0, 0.1) is 6.92 Å². The van der Waals surface area contributed by atoms with Crippen LogP contribution in [0.2, 0.25) is 0 Å². The normalized spacial score (nSPS) is 27.9. The molecule has 1 rings (SSSR count). The first kappa shape index (κ1) is 6.81. The Labute approximate surface area is 56.7 Å². The molecule has 1 unspecified atom stereocenters. The fourth-order valence-electron chi connectivity index (χ4n) is 1.06. The summed E-state index contributed by atoms with van der Waals surface area (Å²) >= 11 is 0. The van der Waals surface area contributed by atoms with E-state index in [4.69, 9.17) is 4.74 Å². The number of hydrogen-bond acceptors (Lipinski definition) is 1. The molecule has 0 aromatic heterocycles. The maximum Gasteiger partial charge on any atom is 0.0782 e. The van der Waals surface area contributed by atoms with Gasteiger partial charge in [-0.25, -0.2) is 0 Å². The summed E-state index contributed by atoms with van der Waals surface area (Å²) < 4.78 is 5.38. The Morgan fingerprint density at radius 3 is 2.56 bits per heavy atom. The number of rotatable bonds is 1. The van der Waals surface area contributed by atoms with Crippen molar-refractivity contribution in [3.05, 3.63) is 19.1 Å². The van der Waals surface area contributed by atoms with E-state index in [0.29, 0.717) is 0 Å². The quantitative estimate of drug-likeness (QED) is 0.520. The van der Waals surface area contributed by atoms with Crippen molar-refractivity contribution >= 4 is 0 Å². The van der Waals surface area contributed by atoms with Gasteiger partial charge in [-0.15, -0.1) is 0 Å². The van der Waals surface area contributed by atoms with Gasteiger partial charge in [-0.3, -0.25) is 0 Å². The Bertz CT molecular complexity index is 101. The summed E-state index contributed by atoms with van der Waals surface area (Å²) in [7, 11) is 0. The highest BCUT2D eigenvalue weighted by atomic mass is 16.5. The van der Waals surface area contributed by atoms with Gasteiger partial charge in [0.1, 0.15) is 0 Å². The van der Waals surface area contributed by atoms with Gasteiger partial charge >= 0.3 is 0 Å². The highest BCUT2D eigenvalue weighted by Crippen LogP contribution is 2.17.